The maximum atomic E-state index is 13.1. The molecule has 1 saturated heterocycles. The predicted octanol–water partition coefficient (Wildman–Crippen LogP) is 0.544. The second-order valence-electron chi connectivity index (χ2n) is 7.77. The molecule has 152 valence electrons. The van der Waals surface area contributed by atoms with Crippen molar-refractivity contribution in [3.63, 3.8) is 0 Å². The van der Waals surface area contributed by atoms with Crippen LogP contribution in [0.3, 0.4) is 0 Å². The highest BCUT2D eigenvalue weighted by Gasteiger charge is 2.45. The van der Waals surface area contributed by atoms with Crippen molar-refractivity contribution in [3.05, 3.63) is 29.3 Å². The van der Waals surface area contributed by atoms with Gasteiger partial charge in [0.2, 0.25) is 17.7 Å². The van der Waals surface area contributed by atoms with Gasteiger partial charge >= 0.3 is 0 Å². The summed E-state index contributed by atoms with van der Waals surface area (Å²) in [4.78, 5) is 61.8. The molecule has 1 atom stereocenters. The number of nitrogens with one attached hydrogen (secondary N) is 2. The van der Waals surface area contributed by atoms with Gasteiger partial charge in [-0.3, -0.25) is 34.2 Å². The fourth-order valence-electron chi connectivity index (χ4n) is 4.38. The van der Waals surface area contributed by atoms with Gasteiger partial charge in [0, 0.05) is 24.1 Å². The maximum absolute atomic E-state index is 13.1. The average molecular weight is 398 g/mol. The predicted molar refractivity (Wildman–Crippen MR) is 102 cm³/mol. The number of nitrogens with two attached hydrogens (primary N) is 1. The average Bonchev–Trinajstić information content (AvgIpc) is 2.94. The third-order valence-corrected chi connectivity index (χ3v) is 5.96. The van der Waals surface area contributed by atoms with Crippen molar-refractivity contribution in [1.82, 2.24) is 10.2 Å². The van der Waals surface area contributed by atoms with E-state index in [0.717, 1.165) is 17.7 Å². The molecule has 1 aliphatic carbocycles. The van der Waals surface area contributed by atoms with Gasteiger partial charge < -0.3 is 11.1 Å². The highest BCUT2D eigenvalue weighted by atomic mass is 16.2. The van der Waals surface area contributed by atoms with Crippen LogP contribution in [-0.2, 0) is 14.4 Å². The summed E-state index contributed by atoms with van der Waals surface area (Å²) in [6, 6.07) is 4.06. The maximum Gasteiger partial charge on any atom is 0.264 e. The minimum atomic E-state index is -0.987. The molecule has 1 aromatic carbocycles. The third-order valence-electron chi connectivity index (χ3n) is 5.96. The van der Waals surface area contributed by atoms with Crippen molar-refractivity contribution in [2.24, 2.45) is 11.7 Å². The fraction of sp³-hybridized carbons (Fsp3) is 0.450. The largest absolute Gasteiger partial charge is 0.382 e. The molecule has 9 heteroatoms. The molecule has 4 rings (SSSR count). The smallest absolute Gasteiger partial charge is 0.264 e. The van der Waals surface area contributed by atoms with Gasteiger partial charge in [0.25, 0.3) is 11.8 Å². The zero-order valence-electron chi connectivity index (χ0n) is 15.8. The van der Waals surface area contributed by atoms with E-state index >= 15 is 0 Å². The summed E-state index contributed by atoms with van der Waals surface area (Å²) in [5.74, 6) is -2.51. The Kier molecular flexibility index (Phi) is 4.81. The van der Waals surface area contributed by atoms with E-state index in [4.69, 9.17) is 5.73 Å². The molecule has 29 heavy (non-hydrogen) atoms. The van der Waals surface area contributed by atoms with E-state index in [1.165, 1.54) is 0 Å². The van der Waals surface area contributed by atoms with Crippen LogP contribution in [0.1, 0.15) is 59.2 Å². The molecule has 1 aromatic rings. The van der Waals surface area contributed by atoms with Crippen LogP contribution in [-0.4, -0.2) is 46.5 Å². The lowest BCUT2D eigenvalue weighted by atomic mass is 9.85. The number of carbonyl (C=O) groups excluding carboxylic acids is 5. The van der Waals surface area contributed by atoms with Gasteiger partial charge in [0.1, 0.15) is 6.04 Å². The van der Waals surface area contributed by atoms with E-state index in [1.807, 2.05) is 0 Å². The topological polar surface area (TPSA) is 139 Å². The number of piperidine rings is 1. The lowest BCUT2D eigenvalue weighted by Gasteiger charge is -2.29. The van der Waals surface area contributed by atoms with Crippen molar-refractivity contribution < 1.29 is 24.0 Å². The summed E-state index contributed by atoms with van der Waals surface area (Å²) in [5.41, 5.74) is 6.41. The Balaban J connectivity index is 1.55. The normalized spacial score (nSPS) is 26.9. The van der Waals surface area contributed by atoms with Crippen LogP contribution in [0.25, 0.3) is 0 Å². The Hall–Kier alpha value is -3.23. The number of nitrogens with zero attached hydrogens (tertiary/aromatic N) is 1. The van der Waals surface area contributed by atoms with E-state index < -0.39 is 29.7 Å². The number of amides is 5. The molecule has 4 N–H and O–H groups in total. The van der Waals surface area contributed by atoms with Gasteiger partial charge in [-0.2, -0.15) is 0 Å². The summed E-state index contributed by atoms with van der Waals surface area (Å²) in [7, 11) is 0. The SMILES string of the molecule is NC(=O)C1CCC(Nc2cccc3c2C(=O)N(C2CCC(=O)NC2=O)C3=O)CC1. The second kappa shape index (κ2) is 7.31. The lowest BCUT2D eigenvalue weighted by Crippen LogP contribution is -2.54. The van der Waals surface area contributed by atoms with Crippen molar-refractivity contribution in [1.29, 1.82) is 0 Å². The number of hydrogen-bond acceptors (Lipinski definition) is 6. The first-order valence-corrected chi connectivity index (χ1v) is 9.77. The first kappa shape index (κ1) is 19.1. The van der Waals surface area contributed by atoms with Crippen LogP contribution in [0.4, 0.5) is 5.69 Å². The molecule has 3 aliphatic rings. The van der Waals surface area contributed by atoms with Crippen LogP contribution in [0.2, 0.25) is 0 Å². The van der Waals surface area contributed by atoms with Crippen LogP contribution < -0.4 is 16.4 Å². The summed E-state index contributed by atoms with van der Waals surface area (Å²) in [6.07, 6.45) is 3.02. The van der Waals surface area contributed by atoms with Crippen LogP contribution >= 0.6 is 0 Å². The molecule has 1 unspecified atom stereocenters. The van der Waals surface area contributed by atoms with Crippen molar-refractivity contribution in [3.8, 4) is 0 Å². The molecule has 0 aromatic heterocycles. The quantitative estimate of drug-likeness (QED) is 0.633. The van der Waals surface area contributed by atoms with E-state index in [2.05, 4.69) is 10.6 Å². The van der Waals surface area contributed by atoms with Gasteiger partial charge in [0.05, 0.1) is 11.1 Å². The molecule has 5 amide bonds. The van der Waals surface area contributed by atoms with Crippen molar-refractivity contribution in [2.45, 2.75) is 50.6 Å². The van der Waals surface area contributed by atoms with Crippen LogP contribution in [0.15, 0.2) is 18.2 Å². The zero-order chi connectivity index (χ0) is 20.7. The monoisotopic (exact) mass is 398 g/mol. The van der Waals surface area contributed by atoms with Crippen molar-refractivity contribution in [2.75, 3.05) is 5.32 Å². The molecule has 1 saturated carbocycles. The highest BCUT2D eigenvalue weighted by Crippen LogP contribution is 2.34. The minimum Gasteiger partial charge on any atom is -0.382 e. The summed E-state index contributed by atoms with van der Waals surface area (Å²) in [5, 5.41) is 5.52. The number of fused-ring (bicyclic) bond motifs is 1. The first-order chi connectivity index (χ1) is 13.9. The van der Waals surface area contributed by atoms with E-state index in [1.54, 1.807) is 18.2 Å². The van der Waals surface area contributed by atoms with Gasteiger partial charge in [-0.15, -0.1) is 0 Å². The number of carbonyl (C=O) groups is 5. The van der Waals surface area contributed by atoms with Crippen molar-refractivity contribution >= 4 is 35.2 Å². The molecule has 0 radical (unpaired) electrons. The molecule has 0 bridgehead atoms. The highest BCUT2D eigenvalue weighted by molar-refractivity contribution is 6.25. The Morgan fingerprint density at radius 2 is 1.76 bits per heavy atom. The van der Waals surface area contributed by atoms with Gasteiger partial charge in [-0.1, -0.05) is 6.07 Å². The summed E-state index contributed by atoms with van der Waals surface area (Å²) < 4.78 is 0. The zero-order valence-corrected chi connectivity index (χ0v) is 15.8. The van der Waals surface area contributed by atoms with E-state index in [-0.39, 0.29) is 41.8 Å². The first-order valence-electron chi connectivity index (χ1n) is 9.77. The van der Waals surface area contributed by atoms with Gasteiger partial charge in [0.15, 0.2) is 0 Å². The van der Waals surface area contributed by atoms with E-state index in [0.29, 0.717) is 18.5 Å². The Morgan fingerprint density at radius 3 is 2.41 bits per heavy atom. The van der Waals surface area contributed by atoms with Crippen LogP contribution in [0, 0.1) is 5.92 Å². The fourth-order valence-corrected chi connectivity index (χ4v) is 4.38. The standard InChI is InChI=1S/C20H22N4O5/c21-17(26)10-4-6-11(7-5-10)22-13-3-1-2-12-16(13)20(29)24(19(12)28)14-8-9-15(25)23-18(14)27/h1-3,10-11,14,22H,4-9H2,(H2,21,26)(H,23,25,27). The number of primary amides is 1. The number of benzene rings is 1. The lowest BCUT2D eigenvalue weighted by molar-refractivity contribution is -0.136. The molecule has 2 heterocycles. The number of rotatable bonds is 4. The van der Waals surface area contributed by atoms with Gasteiger partial charge in [-0.25, -0.2) is 0 Å². The molecule has 2 aliphatic heterocycles. The Morgan fingerprint density at radius 1 is 1.03 bits per heavy atom. The number of anilines is 1. The molecular formula is C20H22N4O5. The number of imide groups is 2. The second-order valence-corrected chi connectivity index (χ2v) is 7.77. The molecule has 2 fully saturated rings. The molecule has 0 spiro atoms. The summed E-state index contributed by atoms with van der Waals surface area (Å²) >= 11 is 0. The third kappa shape index (κ3) is 3.37. The van der Waals surface area contributed by atoms with Gasteiger partial charge in [-0.05, 0) is 44.2 Å². The molecular weight excluding hydrogens is 376 g/mol. The Labute approximate surface area is 167 Å². The van der Waals surface area contributed by atoms with Crippen LogP contribution in [0.5, 0.6) is 0 Å². The Bertz CT molecular complexity index is 919. The van der Waals surface area contributed by atoms with E-state index in [9.17, 15) is 24.0 Å². The number of hydrogen-bond donors (Lipinski definition) is 3. The minimum absolute atomic E-state index is 0.0599. The summed E-state index contributed by atoms with van der Waals surface area (Å²) in [6.45, 7) is 0. The molecule has 9 nitrogen and oxygen atoms in total.